The van der Waals surface area contributed by atoms with Crippen LogP contribution in [0.5, 0.6) is 0 Å². The van der Waals surface area contributed by atoms with E-state index in [9.17, 15) is 0 Å². The average Bonchev–Trinajstić information content (AvgIpc) is 3.17. The predicted molar refractivity (Wildman–Crippen MR) is 98.3 cm³/mol. The Labute approximate surface area is 147 Å². The van der Waals surface area contributed by atoms with Crippen molar-refractivity contribution < 1.29 is 0 Å². The third-order valence-corrected chi connectivity index (χ3v) is 4.66. The number of piperazine rings is 1. The zero-order valence-corrected chi connectivity index (χ0v) is 14.2. The summed E-state index contributed by atoms with van der Waals surface area (Å²) in [4.78, 5) is 9.27. The summed E-state index contributed by atoms with van der Waals surface area (Å²) in [7, 11) is 0. The first-order valence-corrected chi connectivity index (χ1v) is 8.72. The minimum atomic E-state index is 0.855. The van der Waals surface area contributed by atoms with Crippen LogP contribution in [0.15, 0.2) is 60.9 Å². The van der Waals surface area contributed by atoms with E-state index in [1.54, 1.807) is 0 Å². The van der Waals surface area contributed by atoms with Crippen LogP contribution in [0.25, 0.3) is 11.3 Å². The van der Waals surface area contributed by atoms with E-state index in [2.05, 4.69) is 43.3 Å². The second kappa shape index (κ2) is 7.44. The Hall–Kier alpha value is -2.73. The zero-order chi connectivity index (χ0) is 16.9. The molecule has 0 radical (unpaired) electrons. The van der Waals surface area contributed by atoms with Crippen LogP contribution < -0.4 is 4.90 Å². The fraction of sp³-hybridized carbons (Fsp3) is 0.316. The van der Waals surface area contributed by atoms with Gasteiger partial charge in [0.2, 0.25) is 0 Å². The number of hydrogen-bond donors (Lipinski definition) is 0. The molecular weight excluding hydrogens is 312 g/mol. The Morgan fingerprint density at radius 2 is 1.64 bits per heavy atom. The Bertz CT molecular complexity index is 778. The smallest absolute Gasteiger partial charge is 0.128 e. The van der Waals surface area contributed by atoms with Crippen molar-refractivity contribution >= 4 is 5.82 Å². The van der Waals surface area contributed by atoms with Gasteiger partial charge in [0, 0.05) is 44.5 Å². The maximum Gasteiger partial charge on any atom is 0.128 e. The summed E-state index contributed by atoms with van der Waals surface area (Å²) in [6, 6.07) is 16.4. The molecule has 0 bridgehead atoms. The molecular formula is C19H22N6. The topological polar surface area (TPSA) is 50.1 Å². The van der Waals surface area contributed by atoms with Gasteiger partial charge < -0.3 is 4.90 Å². The van der Waals surface area contributed by atoms with Crippen molar-refractivity contribution in [2.24, 2.45) is 0 Å². The zero-order valence-electron chi connectivity index (χ0n) is 14.2. The van der Waals surface area contributed by atoms with Crippen LogP contribution in [0.3, 0.4) is 0 Å². The maximum absolute atomic E-state index is 4.44. The van der Waals surface area contributed by atoms with Crippen LogP contribution in [-0.4, -0.2) is 57.6 Å². The number of benzene rings is 1. The van der Waals surface area contributed by atoms with Crippen LogP contribution in [0.2, 0.25) is 0 Å². The van der Waals surface area contributed by atoms with E-state index in [1.807, 2.05) is 47.4 Å². The molecule has 0 saturated carbocycles. The normalized spacial score (nSPS) is 15.4. The van der Waals surface area contributed by atoms with E-state index in [1.165, 1.54) is 0 Å². The van der Waals surface area contributed by atoms with Gasteiger partial charge in [0.25, 0.3) is 0 Å². The van der Waals surface area contributed by atoms with Crippen LogP contribution in [0, 0.1) is 0 Å². The molecule has 0 aliphatic carbocycles. The minimum Gasteiger partial charge on any atom is -0.354 e. The summed E-state index contributed by atoms with van der Waals surface area (Å²) >= 11 is 0. The van der Waals surface area contributed by atoms with Crippen molar-refractivity contribution in [3.8, 4) is 11.3 Å². The van der Waals surface area contributed by atoms with Crippen LogP contribution >= 0.6 is 0 Å². The van der Waals surface area contributed by atoms with Crippen molar-refractivity contribution in [2.75, 3.05) is 37.6 Å². The van der Waals surface area contributed by atoms with Gasteiger partial charge in [0.1, 0.15) is 5.82 Å². The number of pyridine rings is 1. The molecule has 1 saturated heterocycles. The molecule has 6 nitrogen and oxygen atoms in total. The number of aromatic nitrogens is 4. The molecule has 0 spiro atoms. The molecule has 25 heavy (non-hydrogen) atoms. The lowest BCUT2D eigenvalue weighted by Gasteiger charge is -2.35. The fourth-order valence-corrected chi connectivity index (χ4v) is 3.23. The second-order valence-corrected chi connectivity index (χ2v) is 6.23. The number of hydrogen-bond acceptors (Lipinski definition) is 5. The first-order valence-electron chi connectivity index (χ1n) is 8.72. The molecule has 0 atom stereocenters. The van der Waals surface area contributed by atoms with Crippen LogP contribution in [0.1, 0.15) is 0 Å². The molecule has 4 rings (SSSR count). The number of nitrogens with zero attached hydrogens (tertiary/aromatic N) is 6. The largest absolute Gasteiger partial charge is 0.354 e. The molecule has 1 aromatic carbocycles. The van der Waals surface area contributed by atoms with Crippen molar-refractivity contribution in [2.45, 2.75) is 6.54 Å². The molecule has 1 fully saturated rings. The summed E-state index contributed by atoms with van der Waals surface area (Å²) < 4.78 is 2.00. The molecule has 128 valence electrons. The predicted octanol–water partition coefficient (Wildman–Crippen LogP) is 2.16. The Balaban J connectivity index is 1.33. The summed E-state index contributed by atoms with van der Waals surface area (Å²) in [6.07, 6.45) is 3.70. The highest BCUT2D eigenvalue weighted by Crippen LogP contribution is 2.17. The van der Waals surface area contributed by atoms with Crippen molar-refractivity contribution in [3.63, 3.8) is 0 Å². The standard InChI is InChI=1S/C19H22N6/c1-2-6-17(7-3-1)18-16-21-22-25(18)15-12-23-10-13-24(14-11-23)19-8-4-5-9-20-19/h1-9,16H,10-15H2. The molecule has 2 aromatic heterocycles. The van der Waals surface area contributed by atoms with E-state index in [0.717, 1.165) is 56.3 Å². The van der Waals surface area contributed by atoms with Crippen molar-refractivity contribution in [1.82, 2.24) is 24.9 Å². The van der Waals surface area contributed by atoms with Crippen molar-refractivity contribution in [3.05, 3.63) is 60.9 Å². The second-order valence-electron chi connectivity index (χ2n) is 6.23. The molecule has 0 amide bonds. The molecule has 3 aromatic rings. The van der Waals surface area contributed by atoms with E-state index in [0.29, 0.717) is 0 Å². The monoisotopic (exact) mass is 334 g/mol. The van der Waals surface area contributed by atoms with Gasteiger partial charge in [0.05, 0.1) is 18.4 Å². The van der Waals surface area contributed by atoms with Crippen LogP contribution in [0.4, 0.5) is 5.82 Å². The highest BCUT2D eigenvalue weighted by Gasteiger charge is 2.18. The van der Waals surface area contributed by atoms with Crippen molar-refractivity contribution in [1.29, 1.82) is 0 Å². The van der Waals surface area contributed by atoms with E-state index < -0.39 is 0 Å². The first kappa shape index (κ1) is 15.8. The fourth-order valence-electron chi connectivity index (χ4n) is 3.23. The molecule has 0 N–H and O–H groups in total. The lowest BCUT2D eigenvalue weighted by atomic mass is 10.2. The van der Waals surface area contributed by atoms with Gasteiger partial charge in [-0.3, -0.25) is 4.90 Å². The summed E-state index contributed by atoms with van der Waals surface area (Å²) in [5, 5.41) is 8.35. The van der Waals surface area contributed by atoms with Gasteiger partial charge in [0.15, 0.2) is 0 Å². The third kappa shape index (κ3) is 3.69. The number of rotatable bonds is 5. The minimum absolute atomic E-state index is 0.855. The maximum atomic E-state index is 4.44. The molecule has 1 aliphatic rings. The van der Waals surface area contributed by atoms with E-state index in [-0.39, 0.29) is 0 Å². The summed E-state index contributed by atoms with van der Waals surface area (Å²) in [5.41, 5.74) is 2.24. The summed E-state index contributed by atoms with van der Waals surface area (Å²) in [5.74, 6) is 1.07. The van der Waals surface area contributed by atoms with Gasteiger partial charge in [-0.1, -0.05) is 41.6 Å². The van der Waals surface area contributed by atoms with Gasteiger partial charge in [-0.2, -0.15) is 0 Å². The lowest BCUT2D eigenvalue weighted by molar-refractivity contribution is 0.244. The lowest BCUT2D eigenvalue weighted by Crippen LogP contribution is -2.47. The molecule has 0 unspecified atom stereocenters. The SMILES string of the molecule is c1ccc(-c2cnnn2CCN2CCN(c3ccccn3)CC2)cc1. The Morgan fingerprint density at radius 1 is 0.840 bits per heavy atom. The molecule has 1 aliphatic heterocycles. The number of anilines is 1. The first-order chi connectivity index (χ1) is 12.4. The Morgan fingerprint density at radius 3 is 2.40 bits per heavy atom. The van der Waals surface area contributed by atoms with Crippen LogP contribution in [-0.2, 0) is 6.54 Å². The average molecular weight is 334 g/mol. The van der Waals surface area contributed by atoms with E-state index in [4.69, 9.17) is 0 Å². The summed E-state index contributed by atoms with van der Waals surface area (Å²) in [6.45, 7) is 5.96. The molecule has 6 heteroatoms. The van der Waals surface area contributed by atoms with Gasteiger partial charge in [-0.25, -0.2) is 9.67 Å². The third-order valence-electron chi connectivity index (χ3n) is 4.66. The quantitative estimate of drug-likeness (QED) is 0.716. The Kier molecular flexibility index (Phi) is 4.70. The van der Waals surface area contributed by atoms with Gasteiger partial charge in [-0.05, 0) is 12.1 Å². The highest BCUT2D eigenvalue weighted by atomic mass is 15.4. The van der Waals surface area contributed by atoms with Gasteiger partial charge in [-0.15, -0.1) is 5.10 Å². The molecule has 3 heterocycles. The highest BCUT2D eigenvalue weighted by molar-refractivity contribution is 5.57. The van der Waals surface area contributed by atoms with Gasteiger partial charge >= 0.3 is 0 Å². The van der Waals surface area contributed by atoms with E-state index >= 15 is 0 Å².